The van der Waals surface area contributed by atoms with Gasteiger partial charge in [-0.2, -0.15) is 8.42 Å². The smallest absolute Gasteiger partial charge is 0.285 e. The number of piperidine rings is 1. The number of hydrogen-bond acceptors (Lipinski definition) is 4. The monoisotopic (exact) mass is 425 g/mol. The van der Waals surface area contributed by atoms with Crippen molar-refractivity contribution in [3.63, 3.8) is 0 Å². The molecule has 0 aliphatic carbocycles. The molecule has 2 heterocycles. The summed E-state index contributed by atoms with van der Waals surface area (Å²) < 4.78 is 28.6. The van der Waals surface area contributed by atoms with E-state index in [1.807, 2.05) is 41.3 Å². The number of fused-ring (bicyclic) bond motifs is 1. The van der Waals surface area contributed by atoms with E-state index in [4.69, 9.17) is 0 Å². The molecule has 1 saturated heterocycles. The van der Waals surface area contributed by atoms with Crippen molar-refractivity contribution in [1.29, 1.82) is 0 Å². The molecule has 2 aromatic rings. The van der Waals surface area contributed by atoms with Crippen molar-refractivity contribution in [2.24, 2.45) is 16.2 Å². The van der Waals surface area contributed by atoms with Crippen LogP contribution in [0, 0.1) is 11.8 Å². The van der Waals surface area contributed by atoms with Crippen LogP contribution in [-0.2, 0) is 14.8 Å². The molecule has 1 atom stereocenters. The number of benzene rings is 2. The molecule has 0 spiro atoms. The Bertz CT molecular complexity index is 1060. The van der Waals surface area contributed by atoms with E-state index in [1.54, 1.807) is 18.2 Å². The van der Waals surface area contributed by atoms with Crippen LogP contribution in [0.2, 0.25) is 0 Å². The molecular weight excluding hydrogens is 398 g/mol. The zero-order chi connectivity index (χ0) is 21.3. The van der Waals surface area contributed by atoms with Crippen LogP contribution in [0.15, 0.2) is 63.9 Å². The lowest BCUT2D eigenvalue weighted by Crippen LogP contribution is -2.44. The van der Waals surface area contributed by atoms with Crippen LogP contribution in [0.4, 0.5) is 0 Å². The average Bonchev–Trinajstić information content (AvgIpc) is 3.03. The number of amidine groups is 1. The van der Waals surface area contributed by atoms with Crippen molar-refractivity contribution in [3.05, 3.63) is 65.7 Å². The van der Waals surface area contributed by atoms with Crippen LogP contribution in [0.25, 0.3) is 0 Å². The van der Waals surface area contributed by atoms with Crippen molar-refractivity contribution in [1.82, 2.24) is 10.2 Å². The summed E-state index contributed by atoms with van der Waals surface area (Å²) in [6.45, 7) is 5.43. The highest BCUT2D eigenvalue weighted by atomic mass is 32.2. The third-order valence-corrected chi connectivity index (χ3v) is 7.23. The molecule has 2 aliphatic heterocycles. The lowest BCUT2D eigenvalue weighted by Gasteiger charge is -2.34. The second kappa shape index (κ2) is 8.22. The van der Waals surface area contributed by atoms with E-state index in [1.165, 1.54) is 0 Å². The van der Waals surface area contributed by atoms with E-state index in [-0.39, 0.29) is 28.7 Å². The molecule has 1 unspecified atom stereocenters. The topological polar surface area (TPSA) is 78.8 Å². The van der Waals surface area contributed by atoms with E-state index in [2.05, 4.69) is 23.6 Å². The molecule has 1 amide bonds. The molecule has 0 bridgehead atoms. The maximum Gasteiger partial charge on any atom is 0.285 e. The second-order valence-corrected chi connectivity index (χ2v) is 9.86. The first-order valence-corrected chi connectivity index (χ1v) is 11.9. The fourth-order valence-corrected chi connectivity index (χ4v) is 5.46. The van der Waals surface area contributed by atoms with Crippen LogP contribution in [0.5, 0.6) is 0 Å². The summed E-state index contributed by atoms with van der Waals surface area (Å²) in [6, 6.07) is 17.0. The minimum Gasteiger partial charge on any atom is -0.355 e. The van der Waals surface area contributed by atoms with Crippen LogP contribution in [0.3, 0.4) is 0 Å². The van der Waals surface area contributed by atoms with Gasteiger partial charge in [-0.1, -0.05) is 56.3 Å². The van der Waals surface area contributed by atoms with E-state index < -0.39 is 10.0 Å². The van der Waals surface area contributed by atoms with E-state index in [9.17, 15) is 13.2 Å². The van der Waals surface area contributed by atoms with Crippen LogP contribution >= 0.6 is 0 Å². The Morgan fingerprint density at radius 3 is 2.33 bits per heavy atom. The molecule has 6 nitrogen and oxygen atoms in total. The molecule has 0 radical (unpaired) electrons. The molecule has 0 saturated carbocycles. The van der Waals surface area contributed by atoms with Crippen LogP contribution in [-0.4, -0.2) is 38.2 Å². The standard InChI is InChI=1S/C23H27N3O3S/c1-16(2)21(17-8-4-3-5-9-17)24-23(27)18-12-14-26(15-13-18)22-19-10-6-7-11-20(19)30(28,29)25-22/h3-11,16,18,21H,12-15H2,1-2H3,(H,24,27). The Morgan fingerprint density at radius 1 is 1.03 bits per heavy atom. The number of nitrogens with zero attached hydrogens (tertiary/aromatic N) is 2. The third kappa shape index (κ3) is 3.99. The van der Waals surface area contributed by atoms with Gasteiger partial charge in [0.15, 0.2) is 5.84 Å². The first-order valence-electron chi connectivity index (χ1n) is 10.4. The lowest BCUT2D eigenvalue weighted by molar-refractivity contribution is -0.127. The molecule has 1 fully saturated rings. The molecule has 158 valence electrons. The summed E-state index contributed by atoms with van der Waals surface area (Å²) in [5, 5.41) is 3.23. The molecule has 1 N–H and O–H groups in total. The molecule has 0 aromatic heterocycles. The number of sulfonamides is 1. The van der Waals surface area contributed by atoms with Gasteiger partial charge in [0.25, 0.3) is 10.0 Å². The van der Waals surface area contributed by atoms with Gasteiger partial charge >= 0.3 is 0 Å². The molecular formula is C23H27N3O3S. The number of amides is 1. The van der Waals surface area contributed by atoms with Gasteiger partial charge in [0, 0.05) is 24.6 Å². The van der Waals surface area contributed by atoms with E-state index in [0.29, 0.717) is 37.3 Å². The first-order chi connectivity index (χ1) is 14.4. The lowest BCUT2D eigenvalue weighted by atomic mass is 9.92. The predicted octanol–water partition coefficient (Wildman–Crippen LogP) is 3.36. The summed E-state index contributed by atoms with van der Waals surface area (Å²) in [7, 11) is -3.62. The van der Waals surface area contributed by atoms with Crippen molar-refractivity contribution in [2.45, 2.75) is 37.6 Å². The largest absolute Gasteiger partial charge is 0.355 e. The number of carbonyl (C=O) groups is 1. The fraction of sp³-hybridized carbons (Fsp3) is 0.391. The quantitative estimate of drug-likeness (QED) is 0.815. The highest BCUT2D eigenvalue weighted by Crippen LogP contribution is 2.30. The maximum absolute atomic E-state index is 13.0. The van der Waals surface area contributed by atoms with Gasteiger partial charge in [0.2, 0.25) is 5.91 Å². The van der Waals surface area contributed by atoms with Crippen LogP contribution < -0.4 is 5.32 Å². The normalized spacial score (nSPS) is 19.3. The number of nitrogens with one attached hydrogen (secondary N) is 1. The Hall–Kier alpha value is -2.67. The highest BCUT2D eigenvalue weighted by Gasteiger charge is 2.35. The Morgan fingerprint density at radius 2 is 1.67 bits per heavy atom. The Kier molecular flexibility index (Phi) is 5.64. The predicted molar refractivity (Wildman–Crippen MR) is 117 cm³/mol. The molecule has 2 aliphatic rings. The third-order valence-electron chi connectivity index (χ3n) is 5.90. The average molecular weight is 426 g/mol. The molecule has 7 heteroatoms. The number of carbonyl (C=O) groups excluding carboxylic acids is 1. The summed E-state index contributed by atoms with van der Waals surface area (Å²) in [4.78, 5) is 15.2. The highest BCUT2D eigenvalue weighted by molar-refractivity contribution is 7.90. The summed E-state index contributed by atoms with van der Waals surface area (Å²) in [5.74, 6) is 0.776. The zero-order valence-corrected chi connectivity index (χ0v) is 18.1. The van der Waals surface area contributed by atoms with Gasteiger partial charge in [0.1, 0.15) is 4.90 Å². The zero-order valence-electron chi connectivity index (χ0n) is 17.3. The van der Waals surface area contributed by atoms with Gasteiger partial charge in [-0.3, -0.25) is 4.79 Å². The minimum atomic E-state index is -3.62. The van der Waals surface area contributed by atoms with Gasteiger partial charge in [0.05, 0.1) is 6.04 Å². The van der Waals surface area contributed by atoms with Gasteiger partial charge in [-0.15, -0.1) is 4.40 Å². The minimum absolute atomic E-state index is 0.0204. The SMILES string of the molecule is CC(C)C(NC(=O)C1CCN(C2=NS(=O)(=O)c3ccccc32)CC1)c1ccccc1. The summed E-state index contributed by atoms with van der Waals surface area (Å²) in [6.07, 6.45) is 1.35. The second-order valence-electron chi connectivity index (χ2n) is 8.29. The first kappa shape index (κ1) is 20.6. The van der Waals surface area contributed by atoms with Gasteiger partial charge in [-0.05, 0) is 36.5 Å². The molecule has 4 rings (SSSR count). The number of likely N-dealkylation sites (tertiary alicyclic amines) is 1. The number of rotatable bonds is 4. The number of hydrogen-bond donors (Lipinski definition) is 1. The fourth-order valence-electron chi connectivity index (χ4n) is 4.24. The van der Waals surface area contributed by atoms with Gasteiger partial charge < -0.3 is 10.2 Å². The van der Waals surface area contributed by atoms with Crippen molar-refractivity contribution in [3.8, 4) is 0 Å². The summed E-state index contributed by atoms with van der Waals surface area (Å²) in [5.41, 5.74) is 1.77. The molecule has 2 aromatic carbocycles. The van der Waals surface area contributed by atoms with Crippen molar-refractivity contribution in [2.75, 3.05) is 13.1 Å². The molecule has 30 heavy (non-hydrogen) atoms. The Labute approximate surface area is 178 Å². The summed E-state index contributed by atoms with van der Waals surface area (Å²) >= 11 is 0. The van der Waals surface area contributed by atoms with Crippen molar-refractivity contribution >= 4 is 21.8 Å². The van der Waals surface area contributed by atoms with Crippen LogP contribution in [0.1, 0.15) is 43.9 Å². The van der Waals surface area contributed by atoms with Gasteiger partial charge in [-0.25, -0.2) is 0 Å². The van der Waals surface area contributed by atoms with E-state index >= 15 is 0 Å². The van der Waals surface area contributed by atoms with Crippen molar-refractivity contribution < 1.29 is 13.2 Å². The maximum atomic E-state index is 13.0. The van der Waals surface area contributed by atoms with E-state index in [0.717, 1.165) is 5.56 Å². The Balaban J connectivity index is 1.42.